The largest absolute Gasteiger partial charge is 0.320 e. The van der Waals surface area contributed by atoms with E-state index in [1.807, 2.05) is 7.05 Å². The minimum Gasteiger partial charge on any atom is -0.320 e. The van der Waals surface area contributed by atoms with E-state index in [9.17, 15) is 8.42 Å². The highest BCUT2D eigenvalue weighted by Crippen LogP contribution is 2.27. The third-order valence-corrected chi connectivity index (χ3v) is 7.20. The molecule has 1 saturated carbocycles. The highest BCUT2D eigenvalue weighted by atomic mass is 35.5. The number of piperidine rings is 1. The van der Waals surface area contributed by atoms with Crippen LogP contribution < -0.4 is 5.32 Å². The average Bonchev–Trinajstić information content (AvgIpc) is 2.53. The molecule has 1 saturated heterocycles. The number of nitrogens with one attached hydrogen (secondary N) is 1. The number of halogens is 1. The molecule has 0 amide bonds. The van der Waals surface area contributed by atoms with Crippen molar-refractivity contribution in [2.75, 3.05) is 33.7 Å². The number of rotatable bonds is 6. The van der Waals surface area contributed by atoms with Crippen LogP contribution >= 0.6 is 12.4 Å². The van der Waals surface area contributed by atoms with Crippen LogP contribution in [0, 0.1) is 5.92 Å². The predicted molar refractivity (Wildman–Crippen MR) is 93.6 cm³/mol. The van der Waals surface area contributed by atoms with Crippen LogP contribution in [-0.2, 0) is 10.2 Å². The molecule has 1 aliphatic heterocycles. The van der Waals surface area contributed by atoms with Gasteiger partial charge in [-0.2, -0.15) is 17.0 Å². The van der Waals surface area contributed by atoms with Crippen LogP contribution in [0.1, 0.15) is 51.4 Å². The van der Waals surface area contributed by atoms with Gasteiger partial charge in [-0.05, 0) is 51.6 Å². The molecule has 0 spiro atoms. The standard InChI is InChI=1S/C15H31N3O2S.ClH/c1-16-11-8-14-9-12-18(13-10-14)21(19,20)17(2)15-6-4-3-5-7-15;/h14-16H,3-13H2,1-2H3;1H. The van der Waals surface area contributed by atoms with E-state index in [-0.39, 0.29) is 18.4 Å². The van der Waals surface area contributed by atoms with Crippen LogP contribution in [0.4, 0.5) is 0 Å². The van der Waals surface area contributed by atoms with Crippen molar-refractivity contribution in [3.8, 4) is 0 Å². The molecule has 7 heteroatoms. The monoisotopic (exact) mass is 353 g/mol. The topological polar surface area (TPSA) is 52.7 Å². The van der Waals surface area contributed by atoms with E-state index in [0.29, 0.717) is 19.0 Å². The minimum absolute atomic E-state index is 0. The van der Waals surface area contributed by atoms with Crippen LogP contribution in [0.15, 0.2) is 0 Å². The Kier molecular flexibility index (Phi) is 8.64. The van der Waals surface area contributed by atoms with E-state index in [4.69, 9.17) is 0 Å². The zero-order chi connectivity index (χ0) is 15.3. The Balaban J connectivity index is 0.00000242. The lowest BCUT2D eigenvalue weighted by atomic mass is 9.95. The van der Waals surface area contributed by atoms with Crippen molar-refractivity contribution in [1.29, 1.82) is 0 Å². The summed E-state index contributed by atoms with van der Waals surface area (Å²) >= 11 is 0. The van der Waals surface area contributed by atoms with Gasteiger partial charge in [-0.3, -0.25) is 0 Å². The van der Waals surface area contributed by atoms with E-state index in [0.717, 1.165) is 51.5 Å². The summed E-state index contributed by atoms with van der Waals surface area (Å²) in [7, 11) is 0.493. The maximum atomic E-state index is 12.7. The zero-order valence-corrected chi connectivity index (χ0v) is 15.6. The van der Waals surface area contributed by atoms with Crippen LogP contribution in [0.5, 0.6) is 0 Å². The summed E-state index contributed by atoms with van der Waals surface area (Å²) in [6, 6.07) is 0.214. The van der Waals surface area contributed by atoms with Gasteiger partial charge in [-0.15, -0.1) is 12.4 Å². The Morgan fingerprint density at radius 2 is 1.68 bits per heavy atom. The van der Waals surface area contributed by atoms with Crippen molar-refractivity contribution >= 4 is 22.6 Å². The molecule has 0 aromatic rings. The second kappa shape index (κ2) is 9.42. The van der Waals surface area contributed by atoms with Gasteiger partial charge in [0.25, 0.3) is 10.2 Å². The van der Waals surface area contributed by atoms with Crippen LogP contribution in [0.2, 0.25) is 0 Å². The van der Waals surface area contributed by atoms with Crippen LogP contribution in [-0.4, -0.2) is 56.8 Å². The molecular weight excluding hydrogens is 322 g/mol. The van der Waals surface area contributed by atoms with Crippen LogP contribution in [0.25, 0.3) is 0 Å². The first-order valence-electron chi connectivity index (χ1n) is 8.43. The fourth-order valence-electron chi connectivity index (χ4n) is 3.59. The second-order valence-corrected chi connectivity index (χ2v) is 8.54. The van der Waals surface area contributed by atoms with Gasteiger partial charge in [0, 0.05) is 26.2 Å². The van der Waals surface area contributed by atoms with Gasteiger partial charge >= 0.3 is 0 Å². The SMILES string of the molecule is CNCCC1CCN(S(=O)(=O)N(C)C2CCCCC2)CC1.Cl. The predicted octanol–water partition coefficient (Wildman–Crippen LogP) is 2.24. The Hall–Kier alpha value is 0.120. The lowest BCUT2D eigenvalue weighted by molar-refractivity contribution is 0.226. The minimum atomic E-state index is -3.25. The van der Waals surface area contributed by atoms with Gasteiger partial charge in [0.05, 0.1) is 0 Å². The molecule has 0 aromatic heterocycles. The van der Waals surface area contributed by atoms with Gasteiger partial charge in [0.15, 0.2) is 0 Å². The first-order valence-corrected chi connectivity index (χ1v) is 9.83. The van der Waals surface area contributed by atoms with Crippen molar-refractivity contribution in [1.82, 2.24) is 13.9 Å². The lowest BCUT2D eigenvalue weighted by Gasteiger charge is -2.37. The molecule has 0 unspecified atom stereocenters. The molecule has 2 fully saturated rings. The van der Waals surface area contributed by atoms with Gasteiger partial charge in [-0.1, -0.05) is 19.3 Å². The molecule has 132 valence electrons. The molecule has 5 nitrogen and oxygen atoms in total. The van der Waals surface area contributed by atoms with Gasteiger partial charge in [0.1, 0.15) is 0 Å². The summed E-state index contributed by atoms with van der Waals surface area (Å²) in [5, 5.41) is 3.18. The van der Waals surface area contributed by atoms with E-state index >= 15 is 0 Å². The van der Waals surface area contributed by atoms with E-state index in [2.05, 4.69) is 5.32 Å². The molecule has 1 aliphatic carbocycles. The summed E-state index contributed by atoms with van der Waals surface area (Å²) in [4.78, 5) is 0. The first kappa shape index (κ1) is 20.2. The Morgan fingerprint density at radius 3 is 2.23 bits per heavy atom. The van der Waals surface area contributed by atoms with Crippen molar-refractivity contribution in [3.63, 3.8) is 0 Å². The second-order valence-electron chi connectivity index (χ2n) is 6.55. The third-order valence-electron chi connectivity index (χ3n) is 5.16. The molecule has 1 heterocycles. The quantitative estimate of drug-likeness (QED) is 0.796. The maximum Gasteiger partial charge on any atom is 0.281 e. The third kappa shape index (κ3) is 5.06. The Morgan fingerprint density at radius 1 is 1.09 bits per heavy atom. The van der Waals surface area contributed by atoms with Gasteiger partial charge < -0.3 is 5.32 Å². The molecular formula is C15H32ClN3O2S. The smallest absolute Gasteiger partial charge is 0.281 e. The van der Waals surface area contributed by atoms with Crippen molar-refractivity contribution < 1.29 is 8.42 Å². The summed E-state index contributed by atoms with van der Waals surface area (Å²) in [6.07, 6.45) is 8.78. The normalized spacial score (nSPS) is 22.7. The number of hydrogen-bond acceptors (Lipinski definition) is 3. The summed E-state index contributed by atoms with van der Waals surface area (Å²) in [5.41, 5.74) is 0. The molecule has 2 rings (SSSR count). The molecule has 0 aromatic carbocycles. The van der Waals surface area contributed by atoms with Crippen molar-refractivity contribution in [3.05, 3.63) is 0 Å². The number of nitrogens with zero attached hydrogens (tertiary/aromatic N) is 2. The van der Waals surface area contributed by atoms with E-state index in [1.54, 1.807) is 15.7 Å². The van der Waals surface area contributed by atoms with Crippen molar-refractivity contribution in [2.24, 2.45) is 5.92 Å². The highest BCUT2D eigenvalue weighted by Gasteiger charge is 2.34. The Labute approximate surface area is 142 Å². The summed E-state index contributed by atoms with van der Waals surface area (Å²) < 4.78 is 28.8. The average molecular weight is 354 g/mol. The molecule has 2 aliphatic rings. The summed E-state index contributed by atoms with van der Waals surface area (Å²) in [5.74, 6) is 0.670. The van der Waals surface area contributed by atoms with E-state index < -0.39 is 10.2 Å². The molecule has 1 N–H and O–H groups in total. The van der Waals surface area contributed by atoms with Crippen molar-refractivity contribution in [2.45, 2.75) is 57.4 Å². The molecule has 22 heavy (non-hydrogen) atoms. The molecule has 0 radical (unpaired) electrons. The van der Waals surface area contributed by atoms with Crippen LogP contribution in [0.3, 0.4) is 0 Å². The fourth-order valence-corrected chi connectivity index (χ4v) is 5.22. The van der Waals surface area contributed by atoms with Gasteiger partial charge in [-0.25, -0.2) is 0 Å². The first-order chi connectivity index (χ1) is 10.1. The molecule has 0 atom stereocenters. The number of hydrogen-bond donors (Lipinski definition) is 1. The fraction of sp³-hybridized carbons (Fsp3) is 1.00. The lowest BCUT2D eigenvalue weighted by Crippen LogP contribution is -2.49. The van der Waals surface area contributed by atoms with Gasteiger partial charge in [0.2, 0.25) is 0 Å². The zero-order valence-electron chi connectivity index (χ0n) is 14.0. The summed E-state index contributed by atoms with van der Waals surface area (Å²) in [6.45, 7) is 2.40. The highest BCUT2D eigenvalue weighted by molar-refractivity contribution is 7.86. The molecule has 0 bridgehead atoms. The Bertz CT molecular complexity index is 405. The van der Waals surface area contributed by atoms with E-state index in [1.165, 1.54) is 6.42 Å². The maximum absolute atomic E-state index is 12.7.